The van der Waals surface area contributed by atoms with Gasteiger partial charge in [0, 0.05) is 16.9 Å². The van der Waals surface area contributed by atoms with Gasteiger partial charge in [0.05, 0.1) is 5.56 Å². The van der Waals surface area contributed by atoms with E-state index < -0.39 is 17.8 Å². The van der Waals surface area contributed by atoms with Gasteiger partial charge in [-0.25, -0.2) is 4.98 Å². The second-order valence-electron chi connectivity index (χ2n) is 5.92. The summed E-state index contributed by atoms with van der Waals surface area (Å²) in [5, 5.41) is 2.08. The Morgan fingerprint density at radius 3 is 2.46 bits per heavy atom. The molecule has 0 saturated carbocycles. The van der Waals surface area contributed by atoms with E-state index in [1.54, 1.807) is 12.1 Å². The third-order valence-electron chi connectivity index (χ3n) is 4.16. The maximum Gasteiger partial charge on any atom is 0.417 e. The topological polar surface area (TPSA) is 45.2 Å². The van der Waals surface area contributed by atoms with Crippen LogP contribution < -0.4 is 10.4 Å². The number of carbonyl (C=O) groups is 1. The van der Waals surface area contributed by atoms with Gasteiger partial charge in [0.25, 0.3) is 0 Å². The Balaban J connectivity index is 1.83. The third kappa shape index (κ3) is 3.67. The summed E-state index contributed by atoms with van der Waals surface area (Å²) in [6.07, 6.45) is -2.45. The Bertz CT molecular complexity index is 832. The standard InChI is InChI=1S/C18H15ClF3N3O/c1-11-15(8-12-2-5-14(19)6-3-12)16(10-26)25(24-11)17-7-4-13(9-23-17)18(20,21)22/h2-7,9-10,16,24H,8H2,1H3. The van der Waals surface area contributed by atoms with Crippen molar-refractivity contribution < 1.29 is 18.0 Å². The normalized spacial score (nSPS) is 17.4. The molecule has 4 nitrogen and oxygen atoms in total. The van der Waals surface area contributed by atoms with Crippen molar-refractivity contribution in [1.82, 2.24) is 10.4 Å². The number of aldehydes is 1. The fourth-order valence-corrected chi connectivity index (χ4v) is 2.92. The van der Waals surface area contributed by atoms with Crippen molar-refractivity contribution in [3.63, 3.8) is 0 Å². The molecule has 26 heavy (non-hydrogen) atoms. The van der Waals surface area contributed by atoms with Crippen LogP contribution in [0.4, 0.5) is 19.0 Å². The lowest BCUT2D eigenvalue weighted by molar-refractivity contribution is -0.137. The smallest absolute Gasteiger partial charge is 0.301 e. The van der Waals surface area contributed by atoms with Crippen molar-refractivity contribution in [1.29, 1.82) is 0 Å². The van der Waals surface area contributed by atoms with Crippen LogP contribution in [0, 0.1) is 0 Å². The molecule has 1 aliphatic rings. The summed E-state index contributed by atoms with van der Waals surface area (Å²) in [7, 11) is 0. The Kier molecular flexibility index (Phi) is 4.91. The van der Waals surface area contributed by atoms with Gasteiger partial charge in [0.15, 0.2) is 0 Å². The summed E-state index contributed by atoms with van der Waals surface area (Å²) in [6, 6.07) is 8.78. The quantitative estimate of drug-likeness (QED) is 0.808. The van der Waals surface area contributed by atoms with E-state index in [-0.39, 0.29) is 5.82 Å². The molecule has 1 aliphatic heterocycles. The highest BCUT2D eigenvalue weighted by Gasteiger charge is 2.34. The van der Waals surface area contributed by atoms with Crippen LogP contribution in [-0.2, 0) is 17.4 Å². The lowest BCUT2D eigenvalue weighted by Crippen LogP contribution is -2.41. The molecule has 1 atom stereocenters. The van der Waals surface area contributed by atoms with Gasteiger partial charge in [-0.15, -0.1) is 0 Å². The summed E-state index contributed by atoms with van der Waals surface area (Å²) < 4.78 is 38.1. The van der Waals surface area contributed by atoms with Crippen molar-refractivity contribution in [3.05, 3.63) is 70.0 Å². The van der Waals surface area contributed by atoms with Crippen LogP contribution in [0.2, 0.25) is 5.02 Å². The first-order valence-corrected chi connectivity index (χ1v) is 8.16. The minimum absolute atomic E-state index is 0.237. The molecule has 1 aromatic carbocycles. The number of halogens is 4. The van der Waals surface area contributed by atoms with Crippen LogP contribution in [0.1, 0.15) is 18.1 Å². The molecule has 0 spiro atoms. The second kappa shape index (κ2) is 6.99. The highest BCUT2D eigenvalue weighted by molar-refractivity contribution is 6.30. The summed E-state index contributed by atoms with van der Waals surface area (Å²) in [5.41, 5.74) is 4.74. The zero-order chi connectivity index (χ0) is 18.9. The lowest BCUT2D eigenvalue weighted by Gasteiger charge is -2.24. The minimum atomic E-state index is -4.46. The van der Waals surface area contributed by atoms with Crippen LogP contribution in [0.25, 0.3) is 0 Å². The van der Waals surface area contributed by atoms with Crippen LogP contribution in [0.3, 0.4) is 0 Å². The number of benzene rings is 1. The molecule has 2 aromatic rings. The van der Waals surface area contributed by atoms with E-state index in [0.29, 0.717) is 11.4 Å². The average Bonchev–Trinajstić information content (AvgIpc) is 2.92. The number of pyridine rings is 1. The molecule has 2 heterocycles. The van der Waals surface area contributed by atoms with Crippen molar-refractivity contribution in [2.45, 2.75) is 25.6 Å². The second-order valence-corrected chi connectivity index (χ2v) is 6.36. The molecule has 0 radical (unpaired) electrons. The molecule has 0 fully saturated rings. The number of rotatable bonds is 4. The van der Waals surface area contributed by atoms with Gasteiger partial charge in [-0.2, -0.15) is 13.2 Å². The number of hydrogen-bond acceptors (Lipinski definition) is 4. The fourth-order valence-electron chi connectivity index (χ4n) is 2.80. The predicted molar refractivity (Wildman–Crippen MR) is 92.6 cm³/mol. The van der Waals surface area contributed by atoms with Gasteiger partial charge in [-0.05, 0) is 48.7 Å². The Labute approximate surface area is 153 Å². The maximum absolute atomic E-state index is 12.7. The number of nitrogens with zero attached hydrogens (tertiary/aromatic N) is 2. The number of aromatic nitrogens is 1. The fraction of sp³-hybridized carbons (Fsp3) is 0.222. The monoisotopic (exact) mass is 381 g/mol. The molecule has 1 aromatic heterocycles. The number of hydrazine groups is 1. The summed E-state index contributed by atoms with van der Waals surface area (Å²) in [4.78, 5) is 15.5. The largest absolute Gasteiger partial charge is 0.417 e. The molecule has 1 unspecified atom stereocenters. The molecular formula is C18H15ClF3N3O. The van der Waals surface area contributed by atoms with Crippen LogP contribution in [0.15, 0.2) is 53.9 Å². The number of carbonyl (C=O) groups excluding carboxylic acids is 1. The summed E-state index contributed by atoms with van der Waals surface area (Å²) in [5.74, 6) is 0.237. The zero-order valence-corrected chi connectivity index (χ0v) is 14.5. The Morgan fingerprint density at radius 1 is 1.23 bits per heavy atom. The Hall–Kier alpha value is -2.54. The first kappa shape index (κ1) is 18.3. The van der Waals surface area contributed by atoms with Gasteiger partial charge in [0.2, 0.25) is 0 Å². The van der Waals surface area contributed by atoms with Crippen LogP contribution in [-0.4, -0.2) is 17.3 Å². The first-order valence-electron chi connectivity index (χ1n) is 7.78. The summed E-state index contributed by atoms with van der Waals surface area (Å²) >= 11 is 5.88. The molecule has 136 valence electrons. The summed E-state index contributed by atoms with van der Waals surface area (Å²) in [6.45, 7) is 1.81. The van der Waals surface area contributed by atoms with Gasteiger partial charge in [-0.3, -0.25) is 5.01 Å². The van der Waals surface area contributed by atoms with E-state index in [9.17, 15) is 18.0 Å². The van der Waals surface area contributed by atoms with Crippen LogP contribution in [0.5, 0.6) is 0 Å². The van der Waals surface area contributed by atoms with Crippen LogP contribution >= 0.6 is 11.6 Å². The number of nitrogens with one attached hydrogen (secondary N) is 1. The lowest BCUT2D eigenvalue weighted by atomic mass is 9.99. The van der Waals surface area contributed by atoms with Crippen molar-refractivity contribution >= 4 is 23.7 Å². The van der Waals surface area contributed by atoms with Crippen molar-refractivity contribution in [3.8, 4) is 0 Å². The van der Waals surface area contributed by atoms with E-state index in [1.165, 1.54) is 11.1 Å². The Morgan fingerprint density at radius 2 is 1.92 bits per heavy atom. The average molecular weight is 382 g/mol. The molecule has 0 bridgehead atoms. The van der Waals surface area contributed by atoms with Gasteiger partial charge < -0.3 is 10.2 Å². The van der Waals surface area contributed by atoms with Gasteiger partial charge in [-0.1, -0.05) is 23.7 Å². The van der Waals surface area contributed by atoms with E-state index in [1.807, 2.05) is 19.1 Å². The number of anilines is 1. The zero-order valence-electron chi connectivity index (χ0n) is 13.7. The molecule has 3 rings (SSSR count). The van der Waals surface area contributed by atoms with Crippen molar-refractivity contribution in [2.75, 3.05) is 5.01 Å². The van der Waals surface area contributed by atoms with E-state index >= 15 is 0 Å². The maximum atomic E-state index is 12.7. The molecule has 0 aliphatic carbocycles. The van der Waals surface area contributed by atoms with Crippen molar-refractivity contribution in [2.24, 2.45) is 0 Å². The third-order valence-corrected chi connectivity index (χ3v) is 4.42. The molecule has 0 saturated heterocycles. The van der Waals surface area contributed by atoms with Gasteiger partial charge >= 0.3 is 6.18 Å². The number of allylic oxidation sites excluding steroid dienone is 1. The number of hydrogen-bond donors (Lipinski definition) is 1. The van der Waals surface area contributed by atoms with E-state index in [4.69, 9.17) is 11.6 Å². The first-order chi connectivity index (χ1) is 12.3. The molecule has 8 heteroatoms. The number of alkyl halides is 3. The highest BCUT2D eigenvalue weighted by Crippen LogP contribution is 2.31. The highest BCUT2D eigenvalue weighted by atomic mass is 35.5. The van der Waals surface area contributed by atoms with E-state index in [2.05, 4.69) is 10.4 Å². The van der Waals surface area contributed by atoms with E-state index in [0.717, 1.165) is 35.4 Å². The predicted octanol–water partition coefficient (Wildman–Crippen LogP) is 4.16. The molecule has 0 amide bonds. The molecule has 1 N–H and O–H groups in total. The SMILES string of the molecule is CC1=C(Cc2ccc(Cl)cc2)C(C=O)N(c2ccc(C(F)(F)F)cn2)N1. The van der Waals surface area contributed by atoms with Gasteiger partial charge in [0.1, 0.15) is 18.1 Å². The molecular weight excluding hydrogens is 367 g/mol. The minimum Gasteiger partial charge on any atom is -0.301 e.